The first-order valence-corrected chi connectivity index (χ1v) is 21.4. The van der Waals surface area contributed by atoms with Gasteiger partial charge in [0.25, 0.3) is 0 Å². The Bertz CT molecular complexity index is 3020. The molecule has 3 heteroatoms. The van der Waals surface area contributed by atoms with Crippen LogP contribution in [-0.4, -0.2) is 4.57 Å². The minimum atomic E-state index is -0.198. The summed E-state index contributed by atoms with van der Waals surface area (Å²) in [6, 6.07) is 62.5. The molecular weight excluding hydrogens is 727 g/mol. The summed E-state index contributed by atoms with van der Waals surface area (Å²) in [7, 11) is 0. The summed E-state index contributed by atoms with van der Waals surface area (Å²) < 4.78 is 2.60. The van der Waals surface area contributed by atoms with E-state index < -0.39 is 0 Å². The zero-order valence-electron chi connectivity index (χ0n) is 34.2. The van der Waals surface area contributed by atoms with Crippen molar-refractivity contribution in [3.05, 3.63) is 217 Å². The molecule has 0 fully saturated rings. The minimum absolute atomic E-state index is 0.198. The largest absolute Gasteiger partial charge is 0.312 e. The van der Waals surface area contributed by atoms with E-state index in [2.05, 4.69) is 228 Å². The summed E-state index contributed by atoms with van der Waals surface area (Å²) in [6.45, 7) is 4.85. The number of rotatable bonds is 8. The highest BCUT2D eigenvalue weighted by Crippen LogP contribution is 2.53. The van der Waals surface area contributed by atoms with E-state index in [1.807, 2.05) is 0 Å². The Morgan fingerprint density at radius 2 is 1.02 bits per heavy atom. The van der Waals surface area contributed by atoms with Crippen molar-refractivity contribution in [1.82, 2.24) is 4.57 Å². The molecule has 2 aliphatic carbocycles. The van der Waals surface area contributed by atoms with Gasteiger partial charge >= 0.3 is 0 Å². The van der Waals surface area contributed by atoms with Gasteiger partial charge in [0.15, 0.2) is 0 Å². The van der Waals surface area contributed by atoms with Crippen molar-refractivity contribution in [3.63, 3.8) is 0 Å². The molecule has 0 radical (unpaired) electrons. The van der Waals surface area contributed by atoms with Gasteiger partial charge < -0.3 is 14.4 Å². The van der Waals surface area contributed by atoms with Crippen molar-refractivity contribution in [2.45, 2.75) is 44.9 Å². The molecule has 7 aromatic carbocycles. The van der Waals surface area contributed by atoms with Crippen molar-refractivity contribution in [2.24, 2.45) is 0 Å². The third kappa shape index (κ3) is 6.04. The van der Waals surface area contributed by atoms with E-state index in [4.69, 9.17) is 0 Å². The number of allylic oxidation sites excluding steroid dienone is 8. The first-order valence-electron chi connectivity index (χ1n) is 21.4. The van der Waals surface area contributed by atoms with Crippen LogP contribution in [0.25, 0.3) is 44.2 Å². The van der Waals surface area contributed by atoms with Crippen molar-refractivity contribution >= 4 is 67.2 Å². The predicted octanol–water partition coefficient (Wildman–Crippen LogP) is 16.0. The Morgan fingerprint density at radius 1 is 0.467 bits per heavy atom. The maximum Gasteiger partial charge on any atom is 0.0580 e. The summed E-state index contributed by atoms with van der Waals surface area (Å²) in [6.07, 6.45) is 16.0. The zero-order chi connectivity index (χ0) is 40.2. The lowest BCUT2D eigenvalue weighted by Crippen LogP contribution is -2.28. The molecule has 0 spiro atoms. The number of hydrogen-bond donors (Lipinski definition) is 0. The van der Waals surface area contributed by atoms with Crippen LogP contribution in [0.3, 0.4) is 0 Å². The number of anilines is 6. The molecule has 0 bridgehead atoms. The van der Waals surface area contributed by atoms with Gasteiger partial charge in [0, 0.05) is 56.0 Å². The Labute approximate surface area is 353 Å². The molecule has 0 saturated heterocycles. The average Bonchev–Trinajstić information content (AvgIpc) is 3.64. The van der Waals surface area contributed by atoms with Crippen LogP contribution in [0.2, 0.25) is 0 Å². The molecule has 0 atom stereocenters. The fourth-order valence-corrected chi connectivity index (χ4v) is 9.86. The number of nitrogens with zero attached hydrogens (tertiary/aromatic N) is 3. The standard InChI is InChI=1S/C57H47N3/c1-57(2)52-25-15-16-26-55(52)60-54-36-35-48(58(44-21-11-5-12-22-44)46-31-27-42(28-32-46)40-17-7-3-8-18-40)37-50(54)51-38-49(39-53(57)56(51)60)59(45-23-13-6-14-24-45)47-33-29-43(30-34-47)41-19-9-4-10-20-41/h3,5-9,11-15,17-25,27-39H,4,10,16,26H2,1-2H3. The second-order valence-corrected chi connectivity index (χ2v) is 16.8. The van der Waals surface area contributed by atoms with Gasteiger partial charge in [0.1, 0.15) is 0 Å². The average molecular weight is 774 g/mol. The van der Waals surface area contributed by atoms with Crippen LogP contribution in [0.15, 0.2) is 206 Å². The molecule has 1 aliphatic heterocycles. The normalized spacial score (nSPS) is 15.3. The van der Waals surface area contributed by atoms with E-state index in [9.17, 15) is 0 Å². The highest BCUT2D eigenvalue weighted by molar-refractivity contribution is 6.15. The molecule has 3 aliphatic rings. The summed E-state index contributed by atoms with van der Waals surface area (Å²) in [5.74, 6) is 0. The molecule has 3 nitrogen and oxygen atoms in total. The molecule has 1 aromatic heterocycles. The molecule has 11 rings (SSSR count). The van der Waals surface area contributed by atoms with E-state index in [0.717, 1.165) is 59.8 Å². The smallest absolute Gasteiger partial charge is 0.0580 e. The molecule has 0 unspecified atom stereocenters. The molecule has 2 heterocycles. The lowest BCUT2D eigenvalue weighted by atomic mass is 9.72. The zero-order valence-corrected chi connectivity index (χ0v) is 34.2. The van der Waals surface area contributed by atoms with Crippen LogP contribution in [0.5, 0.6) is 0 Å². The Kier molecular flexibility index (Phi) is 8.78. The predicted molar refractivity (Wildman–Crippen MR) is 255 cm³/mol. The van der Waals surface area contributed by atoms with Crippen molar-refractivity contribution < 1.29 is 0 Å². The second kappa shape index (κ2) is 14.6. The van der Waals surface area contributed by atoms with Crippen molar-refractivity contribution in [1.29, 1.82) is 0 Å². The maximum atomic E-state index is 2.60. The van der Waals surface area contributed by atoms with Crippen LogP contribution >= 0.6 is 0 Å². The van der Waals surface area contributed by atoms with Gasteiger partial charge in [-0.2, -0.15) is 0 Å². The SMILES string of the molecule is CC1(C)C2=C(CCC=C2)n2c3ccc(N(c4ccccc4)c4ccc(-c5ccccc5)cc4)cc3c3cc(N(c4ccccc4)c4ccc(C5=CCCC=C5)cc4)cc1c32. The summed E-state index contributed by atoms with van der Waals surface area (Å²) >= 11 is 0. The summed E-state index contributed by atoms with van der Waals surface area (Å²) in [5, 5.41) is 2.53. The lowest BCUT2D eigenvalue weighted by Gasteiger charge is -2.38. The van der Waals surface area contributed by atoms with E-state index in [0.29, 0.717) is 0 Å². The fraction of sp³-hybridized carbons (Fsp3) is 0.123. The van der Waals surface area contributed by atoms with E-state index in [1.165, 1.54) is 60.9 Å². The van der Waals surface area contributed by atoms with E-state index >= 15 is 0 Å². The highest BCUT2D eigenvalue weighted by atomic mass is 15.2. The lowest BCUT2D eigenvalue weighted by molar-refractivity contribution is 0.624. The number of hydrogen-bond acceptors (Lipinski definition) is 2. The van der Waals surface area contributed by atoms with Crippen LogP contribution in [0, 0.1) is 0 Å². The first-order chi connectivity index (χ1) is 29.5. The number of benzene rings is 7. The maximum absolute atomic E-state index is 2.60. The molecular formula is C57H47N3. The second-order valence-electron chi connectivity index (χ2n) is 16.8. The third-order valence-corrected chi connectivity index (χ3v) is 12.8. The van der Waals surface area contributed by atoms with Gasteiger partial charge in [0.2, 0.25) is 0 Å². The van der Waals surface area contributed by atoms with Gasteiger partial charge in [-0.15, -0.1) is 0 Å². The topological polar surface area (TPSA) is 11.4 Å². The first kappa shape index (κ1) is 36.0. The van der Waals surface area contributed by atoms with Crippen LogP contribution < -0.4 is 9.80 Å². The number of fused-ring (bicyclic) bond motifs is 4. The molecule has 0 amide bonds. The van der Waals surface area contributed by atoms with Crippen LogP contribution in [0.4, 0.5) is 34.1 Å². The number of aromatic nitrogens is 1. The third-order valence-electron chi connectivity index (χ3n) is 12.8. The molecule has 290 valence electrons. The van der Waals surface area contributed by atoms with Crippen molar-refractivity contribution in [2.75, 3.05) is 9.80 Å². The van der Waals surface area contributed by atoms with Crippen LogP contribution in [-0.2, 0) is 5.41 Å². The van der Waals surface area contributed by atoms with Gasteiger partial charge in [0.05, 0.1) is 11.0 Å². The molecule has 60 heavy (non-hydrogen) atoms. The fourth-order valence-electron chi connectivity index (χ4n) is 9.86. The minimum Gasteiger partial charge on any atom is -0.312 e. The highest BCUT2D eigenvalue weighted by Gasteiger charge is 2.38. The molecule has 8 aromatic rings. The van der Waals surface area contributed by atoms with Gasteiger partial charge in [-0.1, -0.05) is 135 Å². The molecule has 0 N–H and O–H groups in total. The Hall–Kier alpha value is -7.10. The summed E-state index contributed by atoms with van der Waals surface area (Å²) in [5.41, 5.74) is 18.4. The monoisotopic (exact) mass is 773 g/mol. The quantitative estimate of drug-likeness (QED) is 0.152. The van der Waals surface area contributed by atoms with Crippen molar-refractivity contribution in [3.8, 4) is 11.1 Å². The van der Waals surface area contributed by atoms with E-state index in [1.54, 1.807) is 0 Å². The van der Waals surface area contributed by atoms with Gasteiger partial charge in [-0.3, -0.25) is 0 Å². The Morgan fingerprint density at radius 3 is 1.67 bits per heavy atom. The number of para-hydroxylation sites is 2. The van der Waals surface area contributed by atoms with Gasteiger partial charge in [-0.25, -0.2) is 0 Å². The van der Waals surface area contributed by atoms with Gasteiger partial charge in [-0.05, 0) is 138 Å². The van der Waals surface area contributed by atoms with E-state index in [-0.39, 0.29) is 5.41 Å². The summed E-state index contributed by atoms with van der Waals surface area (Å²) in [4.78, 5) is 4.84. The Balaban J connectivity index is 1.13. The molecule has 0 saturated carbocycles. The van der Waals surface area contributed by atoms with Crippen LogP contribution in [0.1, 0.15) is 50.7 Å².